The molecule has 3 atom stereocenters. The zero-order valence-corrected chi connectivity index (χ0v) is 22.1. The standard InChI is InChI=1S/C31H34N2O6/c1-3-11-27(29(34)33-28(30(35)36)20(2)38-18-21-12-5-4-6-13-21)32-31(37)39-19-26-24-16-9-7-14-22(24)23-15-8-10-17-25(23)26/h4-10,12-17,20,26-28H,3,11,18-19H2,1-2H3,(H,32,37)(H,33,34)(H,35,36)/t20-,27+,28+/m0/s1. The third-order valence-corrected chi connectivity index (χ3v) is 6.92. The van der Waals surface area contributed by atoms with Gasteiger partial charge < -0.3 is 25.2 Å². The van der Waals surface area contributed by atoms with E-state index >= 15 is 0 Å². The number of nitrogens with one attached hydrogen (secondary N) is 2. The van der Waals surface area contributed by atoms with Gasteiger partial charge in [-0.1, -0.05) is 92.2 Å². The number of rotatable bonds is 12. The van der Waals surface area contributed by atoms with E-state index in [9.17, 15) is 19.5 Å². The Morgan fingerprint density at radius 2 is 1.46 bits per heavy atom. The van der Waals surface area contributed by atoms with Gasteiger partial charge in [-0.15, -0.1) is 0 Å². The highest BCUT2D eigenvalue weighted by Gasteiger charge is 2.32. The lowest BCUT2D eigenvalue weighted by Crippen LogP contribution is -2.55. The molecular weight excluding hydrogens is 496 g/mol. The highest BCUT2D eigenvalue weighted by molar-refractivity contribution is 5.89. The van der Waals surface area contributed by atoms with Crippen LogP contribution in [0.1, 0.15) is 49.3 Å². The maximum atomic E-state index is 13.0. The number of amides is 2. The third kappa shape index (κ3) is 6.83. The van der Waals surface area contributed by atoms with Gasteiger partial charge in [0.2, 0.25) is 5.91 Å². The number of carboxylic acids is 1. The Bertz CT molecular complexity index is 1250. The molecule has 3 N–H and O–H groups in total. The molecule has 0 radical (unpaired) electrons. The van der Waals surface area contributed by atoms with Gasteiger partial charge in [-0.05, 0) is 41.2 Å². The SMILES string of the molecule is CCC[C@@H](NC(=O)OCC1c2ccccc2-c2ccccc21)C(=O)N[C@@H](C(=O)O)[C@H](C)OCc1ccccc1. The Hall–Kier alpha value is -4.17. The van der Waals surface area contributed by atoms with Crippen LogP contribution in [0.5, 0.6) is 0 Å². The van der Waals surface area contributed by atoms with E-state index in [-0.39, 0.29) is 19.1 Å². The lowest BCUT2D eigenvalue weighted by Gasteiger charge is -2.25. The molecule has 8 nitrogen and oxygen atoms in total. The first-order valence-electron chi connectivity index (χ1n) is 13.2. The van der Waals surface area contributed by atoms with Crippen molar-refractivity contribution in [2.75, 3.05) is 6.61 Å². The van der Waals surface area contributed by atoms with E-state index < -0.39 is 36.2 Å². The summed E-state index contributed by atoms with van der Waals surface area (Å²) in [5.41, 5.74) is 5.30. The number of carbonyl (C=O) groups excluding carboxylic acids is 2. The van der Waals surface area contributed by atoms with E-state index in [1.165, 1.54) is 0 Å². The number of aliphatic carboxylic acids is 1. The van der Waals surface area contributed by atoms with Crippen molar-refractivity contribution in [2.45, 2.75) is 57.4 Å². The van der Waals surface area contributed by atoms with Crippen molar-refractivity contribution in [1.29, 1.82) is 0 Å². The molecule has 0 aromatic heterocycles. The van der Waals surface area contributed by atoms with Crippen molar-refractivity contribution in [2.24, 2.45) is 0 Å². The molecule has 0 spiro atoms. The predicted octanol–water partition coefficient (Wildman–Crippen LogP) is 4.87. The molecule has 0 unspecified atom stereocenters. The van der Waals surface area contributed by atoms with Gasteiger partial charge in [-0.25, -0.2) is 9.59 Å². The average Bonchev–Trinajstić information content (AvgIpc) is 3.27. The number of alkyl carbamates (subject to hydrolysis) is 1. The second kappa shape index (κ2) is 13.1. The molecule has 3 aromatic rings. The zero-order chi connectivity index (χ0) is 27.8. The topological polar surface area (TPSA) is 114 Å². The summed E-state index contributed by atoms with van der Waals surface area (Å²) < 4.78 is 11.3. The van der Waals surface area contributed by atoms with Crippen LogP contribution in [0.3, 0.4) is 0 Å². The van der Waals surface area contributed by atoms with Gasteiger partial charge in [0.1, 0.15) is 12.6 Å². The minimum absolute atomic E-state index is 0.111. The Morgan fingerprint density at radius 1 is 0.872 bits per heavy atom. The molecule has 0 saturated carbocycles. The molecule has 39 heavy (non-hydrogen) atoms. The zero-order valence-electron chi connectivity index (χ0n) is 22.1. The number of hydrogen-bond donors (Lipinski definition) is 3. The molecule has 3 aromatic carbocycles. The lowest BCUT2D eigenvalue weighted by atomic mass is 9.98. The number of fused-ring (bicyclic) bond motifs is 3. The van der Waals surface area contributed by atoms with Crippen LogP contribution in [0.2, 0.25) is 0 Å². The summed E-state index contributed by atoms with van der Waals surface area (Å²) >= 11 is 0. The third-order valence-electron chi connectivity index (χ3n) is 6.92. The Kier molecular flexibility index (Phi) is 9.33. The average molecular weight is 531 g/mol. The summed E-state index contributed by atoms with van der Waals surface area (Å²) in [6.07, 6.45) is -0.615. The van der Waals surface area contributed by atoms with Crippen LogP contribution in [-0.2, 0) is 25.7 Å². The number of hydrogen-bond acceptors (Lipinski definition) is 5. The van der Waals surface area contributed by atoms with Crippen molar-refractivity contribution < 1.29 is 29.0 Å². The van der Waals surface area contributed by atoms with Gasteiger partial charge in [0.05, 0.1) is 12.7 Å². The van der Waals surface area contributed by atoms with Gasteiger partial charge in [-0.3, -0.25) is 4.79 Å². The quantitative estimate of drug-likeness (QED) is 0.308. The number of carboxylic acid groups (broad SMARTS) is 1. The smallest absolute Gasteiger partial charge is 0.407 e. The minimum Gasteiger partial charge on any atom is -0.480 e. The van der Waals surface area contributed by atoms with Crippen LogP contribution in [-0.4, -0.2) is 47.9 Å². The minimum atomic E-state index is -1.29. The molecule has 0 bridgehead atoms. The second-order valence-corrected chi connectivity index (χ2v) is 9.64. The normalized spacial score (nSPS) is 14.4. The fourth-order valence-corrected chi connectivity index (χ4v) is 4.87. The molecule has 0 saturated heterocycles. The molecule has 204 valence electrons. The van der Waals surface area contributed by atoms with Gasteiger partial charge in [0.15, 0.2) is 6.04 Å². The first-order chi connectivity index (χ1) is 18.9. The molecular formula is C31H34N2O6. The second-order valence-electron chi connectivity index (χ2n) is 9.64. The molecule has 0 fully saturated rings. The maximum absolute atomic E-state index is 13.0. The van der Waals surface area contributed by atoms with E-state index in [1.807, 2.05) is 73.7 Å². The largest absolute Gasteiger partial charge is 0.480 e. The Morgan fingerprint density at radius 3 is 2.05 bits per heavy atom. The summed E-state index contributed by atoms with van der Waals surface area (Å²) in [5.74, 6) is -1.94. The van der Waals surface area contributed by atoms with E-state index in [4.69, 9.17) is 9.47 Å². The van der Waals surface area contributed by atoms with Crippen molar-refractivity contribution >= 4 is 18.0 Å². The Labute approximate surface area is 228 Å². The summed E-state index contributed by atoms with van der Waals surface area (Å²) in [7, 11) is 0. The van der Waals surface area contributed by atoms with Gasteiger partial charge >= 0.3 is 12.1 Å². The van der Waals surface area contributed by atoms with Gasteiger partial charge in [0.25, 0.3) is 0 Å². The van der Waals surface area contributed by atoms with E-state index in [1.54, 1.807) is 6.92 Å². The van der Waals surface area contributed by atoms with Crippen LogP contribution in [0, 0.1) is 0 Å². The first kappa shape index (κ1) is 27.9. The monoisotopic (exact) mass is 530 g/mol. The molecule has 1 aliphatic carbocycles. The van der Waals surface area contributed by atoms with Crippen LogP contribution in [0.15, 0.2) is 78.9 Å². The number of benzene rings is 3. The van der Waals surface area contributed by atoms with Gasteiger partial charge in [0, 0.05) is 5.92 Å². The maximum Gasteiger partial charge on any atom is 0.407 e. The Balaban J connectivity index is 1.35. The summed E-state index contributed by atoms with van der Waals surface area (Å²) in [6.45, 7) is 3.79. The fraction of sp³-hybridized carbons (Fsp3) is 0.323. The van der Waals surface area contributed by atoms with E-state index in [2.05, 4.69) is 22.8 Å². The molecule has 0 heterocycles. The van der Waals surface area contributed by atoms with Crippen LogP contribution < -0.4 is 10.6 Å². The fourth-order valence-electron chi connectivity index (χ4n) is 4.87. The van der Waals surface area contributed by atoms with Gasteiger partial charge in [-0.2, -0.15) is 0 Å². The molecule has 0 aliphatic heterocycles. The van der Waals surface area contributed by atoms with E-state index in [0.717, 1.165) is 27.8 Å². The number of ether oxygens (including phenoxy) is 2. The summed E-state index contributed by atoms with van der Waals surface area (Å²) in [4.78, 5) is 37.8. The molecule has 8 heteroatoms. The lowest BCUT2D eigenvalue weighted by molar-refractivity contribution is -0.146. The predicted molar refractivity (Wildman–Crippen MR) is 147 cm³/mol. The van der Waals surface area contributed by atoms with E-state index in [0.29, 0.717) is 12.8 Å². The molecule has 4 rings (SSSR count). The van der Waals surface area contributed by atoms with Crippen molar-refractivity contribution in [1.82, 2.24) is 10.6 Å². The van der Waals surface area contributed by atoms with Crippen molar-refractivity contribution in [3.63, 3.8) is 0 Å². The van der Waals surface area contributed by atoms with Crippen LogP contribution in [0.25, 0.3) is 11.1 Å². The molecule has 1 aliphatic rings. The van der Waals surface area contributed by atoms with Crippen molar-refractivity contribution in [3.05, 3.63) is 95.6 Å². The summed E-state index contributed by atoms with van der Waals surface area (Å²) in [6, 6.07) is 23.2. The summed E-state index contributed by atoms with van der Waals surface area (Å²) in [5, 5.41) is 14.9. The number of carbonyl (C=O) groups is 3. The molecule has 2 amide bonds. The van der Waals surface area contributed by atoms with Crippen LogP contribution in [0.4, 0.5) is 4.79 Å². The van der Waals surface area contributed by atoms with Crippen LogP contribution >= 0.6 is 0 Å². The van der Waals surface area contributed by atoms with Crippen molar-refractivity contribution in [3.8, 4) is 11.1 Å². The first-order valence-corrected chi connectivity index (χ1v) is 13.2. The highest BCUT2D eigenvalue weighted by Crippen LogP contribution is 2.44. The highest BCUT2D eigenvalue weighted by atomic mass is 16.5.